The van der Waals surface area contributed by atoms with Crippen LogP contribution in [0.5, 0.6) is 0 Å². The number of para-hydroxylation sites is 2. The summed E-state index contributed by atoms with van der Waals surface area (Å²) in [6.07, 6.45) is 0. The molecule has 0 spiro atoms. The highest BCUT2D eigenvalue weighted by molar-refractivity contribution is 6.53. The number of halogens is 2. The van der Waals surface area contributed by atoms with E-state index in [2.05, 4.69) is 10.1 Å². The largest absolute Gasteiger partial charge is 0.465 e. The van der Waals surface area contributed by atoms with Crippen LogP contribution in [0.3, 0.4) is 0 Å². The van der Waals surface area contributed by atoms with Crippen LogP contribution in [0.4, 0.5) is 15.8 Å². The number of carbonyl (C=O) groups excluding carboxylic acids is 3. The molecular weight excluding hydrogens is 363 g/mol. The number of hydrogen-bond donors (Lipinski definition) is 1. The van der Waals surface area contributed by atoms with Crippen LogP contribution < -0.4 is 10.2 Å². The Kier molecular flexibility index (Phi) is 4.73. The Hall–Kier alpha value is -3.19. The lowest BCUT2D eigenvalue weighted by Crippen LogP contribution is -2.33. The topological polar surface area (TPSA) is 75.7 Å². The van der Waals surface area contributed by atoms with E-state index in [0.29, 0.717) is 0 Å². The van der Waals surface area contributed by atoms with Gasteiger partial charge in [-0.25, -0.2) is 14.1 Å². The summed E-state index contributed by atoms with van der Waals surface area (Å²) in [6, 6.07) is 11.6. The molecule has 0 aromatic heterocycles. The standard InChI is InChI=1S/C18H12ClFN2O4/c1-26-18(25)10-6-2-5-9-13(10)22-16(23)14(19)15(17(22)24)21-12-8-4-3-7-11(12)20/h2-9,21H,1H3. The summed E-state index contributed by atoms with van der Waals surface area (Å²) >= 11 is 6.00. The average molecular weight is 375 g/mol. The number of esters is 1. The number of rotatable bonds is 4. The van der Waals surface area contributed by atoms with E-state index in [4.69, 9.17) is 11.6 Å². The van der Waals surface area contributed by atoms with Gasteiger partial charge in [0.15, 0.2) is 0 Å². The third-order valence-corrected chi connectivity index (χ3v) is 4.06. The molecule has 0 saturated heterocycles. The van der Waals surface area contributed by atoms with Crippen molar-refractivity contribution in [1.29, 1.82) is 0 Å². The maximum atomic E-state index is 13.8. The number of anilines is 2. The van der Waals surface area contributed by atoms with Crippen molar-refractivity contribution in [3.05, 3.63) is 70.6 Å². The number of ether oxygens (including phenoxy) is 1. The average Bonchev–Trinajstić information content (AvgIpc) is 2.86. The number of imide groups is 1. The molecule has 26 heavy (non-hydrogen) atoms. The normalized spacial score (nSPS) is 14.0. The van der Waals surface area contributed by atoms with Gasteiger partial charge in [0.2, 0.25) is 0 Å². The zero-order valence-corrected chi connectivity index (χ0v) is 14.2. The molecule has 3 rings (SSSR count). The predicted octanol–water partition coefficient (Wildman–Crippen LogP) is 3.05. The number of benzene rings is 2. The fraction of sp³-hybridized carbons (Fsp3) is 0.0556. The van der Waals surface area contributed by atoms with Crippen LogP contribution in [0, 0.1) is 5.82 Å². The lowest BCUT2D eigenvalue weighted by Gasteiger charge is -2.17. The molecule has 1 aliphatic heterocycles. The summed E-state index contributed by atoms with van der Waals surface area (Å²) in [6.45, 7) is 0. The second kappa shape index (κ2) is 6.97. The fourth-order valence-electron chi connectivity index (χ4n) is 2.48. The van der Waals surface area contributed by atoms with Gasteiger partial charge in [-0.2, -0.15) is 0 Å². The molecule has 0 unspecified atom stereocenters. The van der Waals surface area contributed by atoms with Gasteiger partial charge in [0.05, 0.1) is 24.0 Å². The summed E-state index contributed by atoms with van der Waals surface area (Å²) in [5.74, 6) is -2.96. The number of carbonyl (C=O) groups is 3. The van der Waals surface area contributed by atoms with Crippen molar-refractivity contribution in [3.8, 4) is 0 Å². The first-order valence-electron chi connectivity index (χ1n) is 7.43. The van der Waals surface area contributed by atoms with Crippen LogP contribution in [0.15, 0.2) is 59.3 Å². The SMILES string of the molecule is COC(=O)c1ccccc1N1C(=O)C(Cl)=C(Nc2ccccc2F)C1=O. The van der Waals surface area contributed by atoms with Gasteiger partial charge in [0.25, 0.3) is 11.8 Å². The lowest BCUT2D eigenvalue weighted by molar-refractivity contribution is -0.120. The highest BCUT2D eigenvalue weighted by Gasteiger charge is 2.40. The molecule has 0 aliphatic carbocycles. The maximum absolute atomic E-state index is 13.8. The van der Waals surface area contributed by atoms with Gasteiger partial charge in [-0.1, -0.05) is 35.9 Å². The first-order valence-corrected chi connectivity index (χ1v) is 7.81. The fourth-order valence-corrected chi connectivity index (χ4v) is 2.69. The van der Waals surface area contributed by atoms with Crippen LogP contribution in [-0.4, -0.2) is 24.9 Å². The van der Waals surface area contributed by atoms with Crippen molar-refractivity contribution < 1.29 is 23.5 Å². The summed E-state index contributed by atoms with van der Waals surface area (Å²) in [7, 11) is 1.18. The number of nitrogens with zero attached hydrogens (tertiary/aromatic N) is 1. The van der Waals surface area contributed by atoms with Crippen molar-refractivity contribution in [2.75, 3.05) is 17.3 Å². The van der Waals surface area contributed by atoms with E-state index in [0.717, 1.165) is 4.90 Å². The summed E-state index contributed by atoms with van der Waals surface area (Å²) < 4.78 is 18.5. The van der Waals surface area contributed by atoms with Gasteiger partial charge >= 0.3 is 5.97 Å². The van der Waals surface area contributed by atoms with Gasteiger partial charge in [-0.05, 0) is 24.3 Å². The van der Waals surface area contributed by atoms with Crippen molar-refractivity contribution in [1.82, 2.24) is 0 Å². The molecule has 0 saturated carbocycles. The first-order chi connectivity index (χ1) is 12.5. The van der Waals surface area contributed by atoms with Crippen LogP contribution >= 0.6 is 11.6 Å². The first kappa shape index (κ1) is 17.6. The number of amides is 2. The van der Waals surface area contributed by atoms with Gasteiger partial charge in [0.1, 0.15) is 16.5 Å². The Morgan fingerprint density at radius 2 is 1.73 bits per heavy atom. The Labute approximate surface area is 152 Å². The quantitative estimate of drug-likeness (QED) is 0.657. The maximum Gasteiger partial charge on any atom is 0.339 e. The van der Waals surface area contributed by atoms with E-state index in [-0.39, 0.29) is 22.6 Å². The Balaban J connectivity index is 2.00. The van der Waals surface area contributed by atoms with E-state index >= 15 is 0 Å². The van der Waals surface area contributed by atoms with Gasteiger partial charge in [0, 0.05) is 0 Å². The molecule has 2 aromatic rings. The number of hydrogen-bond acceptors (Lipinski definition) is 5. The summed E-state index contributed by atoms with van der Waals surface area (Å²) in [5.41, 5.74) is -0.238. The molecular formula is C18H12ClFN2O4. The predicted molar refractivity (Wildman–Crippen MR) is 93.2 cm³/mol. The zero-order valence-electron chi connectivity index (χ0n) is 13.5. The minimum Gasteiger partial charge on any atom is -0.465 e. The van der Waals surface area contributed by atoms with E-state index in [1.165, 1.54) is 37.4 Å². The minimum atomic E-state index is -0.827. The second-order valence-corrected chi connectivity index (χ2v) is 5.63. The van der Waals surface area contributed by atoms with Crippen LogP contribution in [0.2, 0.25) is 0 Å². The molecule has 0 bridgehead atoms. The van der Waals surface area contributed by atoms with Crippen molar-refractivity contribution >= 4 is 40.8 Å². The van der Waals surface area contributed by atoms with Crippen molar-refractivity contribution in [3.63, 3.8) is 0 Å². The third-order valence-electron chi connectivity index (χ3n) is 3.71. The Bertz CT molecular complexity index is 958. The van der Waals surface area contributed by atoms with Crippen molar-refractivity contribution in [2.24, 2.45) is 0 Å². The molecule has 8 heteroatoms. The zero-order chi connectivity index (χ0) is 18.8. The summed E-state index contributed by atoms with van der Waals surface area (Å²) in [5, 5.41) is 2.14. The monoisotopic (exact) mass is 374 g/mol. The van der Waals surface area contributed by atoms with Crippen LogP contribution in [0.25, 0.3) is 0 Å². The van der Waals surface area contributed by atoms with E-state index in [9.17, 15) is 18.8 Å². The van der Waals surface area contributed by atoms with E-state index in [1.807, 2.05) is 0 Å². The highest BCUT2D eigenvalue weighted by atomic mass is 35.5. The molecule has 1 heterocycles. The van der Waals surface area contributed by atoms with Gasteiger partial charge in [-0.15, -0.1) is 0 Å². The van der Waals surface area contributed by atoms with E-state index < -0.39 is 28.6 Å². The highest BCUT2D eigenvalue weighted by Crippen LogP contribution is 2.32. The lowest BCUT2D eigenvalue weighted by atomic mass is 10.1. The van der Waals surface area contributed by atoms with Crippen molar-refractivity contribution in [2.45, 2.75) is 0 Å². The Morgan fingerprint density at radius 1 is 1.08 bits per heavy atom. The molecule has 6 nitrogen and oxygen atoms in total. The molecule has 2 aromatic carbocycles. The smallest absolute Gasteiger partial charge is 0.339 e. The molecule has 0 atom stereocenters. The van der Waals surface area contributed by atoms with Crippen LogP contribution in [-0.2, 0) is 14.3 Å². The molecule has 2 amide bonds. The van der Waals surface area contributed by atoms with Crippen LogP contribution in [0.1, 0.15) is 10.4 Å². The molecule has 132 valence electrons. The second-order valence-electron chi connectivity index (χ2n) is 5.25. The molecule has 1 aliphatic rings. The molecule has 0 radical (unpaired) electrons. The minimum absolute atomic E-state index is 0.00935. The van der Waals surface area contributed by atoms with Gasteiger partial charge < -0.3 is 10.1 Å². The Morgan fingerprint density at radius 3 is 2.42 bits per heavy atom. The molecule has 1 N–H and O–H groups in total. The van der Waals surface area contributed by atoms with E-state index in [1.54, 1.807) is 18.2 Å². The number of methoxy groups -OCH3 is 1. The third kappa shape index (κ3) is 2.93. The van der Waals surface area contributed by atoms with Gasteiger partial charge in [-0.3, -0.25) is 9.59 Å². The summed E-state index contributed by atoms with van der Waals surface area (Å²) in [4.78, 5) is 37.9. The number of nitrogens with one attached hydrogen (secondary N) is 1. The molecule has 0 fully saturated rings.